The van der Waals surface area contributed by atoms with Crippen molar-refractivity contribution in [3.63, 3.8) is 0 Å². The van der Waals surface area contributed by atoms with Gasteiger partial charge in [-0.1, -0.05) is 42.2 Å². The van der Waals surface area contributed by atoms with Crippen molar-refractivity contribution >= 4 is 6.09 Å². The summed E-state index contributed by atoms with van der Waals surface area (Å²) < 4.78 is 10.9. The average molecular weight is 351 g/mol. The molecule has 0 bridgehead atoms. The Hall–Kier alpha value is -2.93. The van der Waals surface area contributed by atoms with Crippen molar-refractivity contribution in [3.8, 4) is 17.6 Å². The molecule has 2 aromatic rings. The van der Waals surface area contributed by atoms with Crippen LogP contribution in [0, 0.1) is 11.8 Å². The number of rotatable bonds is 5. The van der Waals surface area contributed by atoms with Gasteiger partial charge in [-0.05, 0) is 50.6 Å². The highest BCUT2D eigenvalue weighted by Gasteiger charge is 2.10. The van der Waals surface area contributed by atoms with Gasteiger partial charge < -0.3 is 14.8 Å². The summed E-state index contributed by atoms with van der Waals surface area (Å²) in [7, 11) is 0. The molecule has 0 fully saturated rings. The summed E-state index contributed by atoms with van der Waals surface area (Å²) >= 11 is 0. The minimum atomic E-state index is -0.431. The molecule has 0 aliphatic heterocycles. The second kappa shape index (κ2) is 9.53. The lowest BCUT2D eigenvalue weighted by Gasteiger charge is -2.21. The van der Waals surface area contributed by atoms with E-state index >= 15 is 0 Å². The van der Waals surface area contributed by atoms with Crippen LogP contribution in [0.4, 0.5) is 4.79 Å². The highest BCUT2D eigenvalue weighted by atomic mass is 16.5. The predicted molar refractivity (Wildman–Crippen MR) is 103 cm³/mol. The van der Waals surface area contributed by atoms with Crippen molar-refractivity contribution in [1.82, 2.24) is 5.32 Å². The van der Waals surface area contributed by atoms with E-state index in [1.54, 1.807) is 0 Å². The monoisotopic (exact) mass is 351 g/mol. The minimum Gasteiger partial charge on any atom is -0.488 e. The highest BCUT2D eigenvalue weighted by Crippen LogP contribution is 2.18. The van der Waals surface area contributed by atoms with E-state index in [0.717, 1.165) is 16.9 Å². The van der Waals surface area contributed by atoms with Gasteiger partial charge in [0.15, 0.2) is 0 Å². The largest absolute Gasteiger partial charge is 0.488 e. The number of nitrogens with one attached hydrogen (secondary N) is 1. The quantitative estimate of drug-likeness (QED) is 0.636. The SMILES string of the molecule is CC(C)(C)Oc1ccc(C#CCCNC(=O)OCc2ccccc2)cc1. The van der Waals surface area contributed by atoms with Gasteiger partial charge in [0.05, 0.1) is 0 Å². The fraction of sp³-hybridized carbons (Fsp3) is 0.318. The fourth-order valence-corrected chi connectivity index (χ4v) is 2.13. The first-order chi connectivity index (χ1) is 12.4. The third kappa shape index (κ3) is 7.76. The molecule has 0 heterocycles. The van der Waals surface area contributed by atoms with Crippen LogP contribution in [0.25, 0.3) is 0 Å². The highest BCUT2D eigenvalue weighted by molar-refractivity contribution is 5.67. The summed E-state index contributed by atoms with van der Waals surface area (Å²) in [5, 5.41) is 2.69. The van der Waals surface area contributed by atoms with Crippen LogP contribution in [0.1, 0.15) is 38.3 Å². The molecule has 26 heavy (non-hydrogen) atoms. The Balaban J connectivity index is 1.67. The van der Waals surface area contributed by atoms with Gasteiger partial charge in [-0.3, -0.25) is 0 Å². The molecule has 0 aliphatic rings. The minimum absolute atomic E-state index is 0.214. The lowest BCUT2D eigenvalue weighted by molar-refractivity contribution is 0.131. The third-order valence-corrected chi connectivity index (χ3v) is 3.24. The van der Waals surface area contributed by atoms with Crippen LogP contribution in [-0.2, 0) is 11.3 Å². The first kappa shape index (κ1) is 19.4. The lowest BCUT2D eigenvalue weighted by atomic mass is 10.1. The second-order valence-corrected chi connectivity index (χ2v) is 6.78. The third-order valence-electron chi connectivity index (χ3n) is 3.24. The molecule has 2 aromatic carbocycles. The van der Waals surface area contributed by atoms with Gasteiger partial charge in [0.2, 0.25) is 0 Å². The summed E-state index contributed by atoms with van der Waals surface area (Å²) in [5.74, 6) is 6.93. The number of ether oxygens (including phenoxy) is 2. The maximum Gasteiger partial charge on any atom is 0.407 e. The van der Waals surface area contributed by atoms with Crippen molar-refractivity contribution in [2.45, 2.75) is 39.4 Å². The van der Waals surface area contributed by atoms with Crippen molar-refractivity contribution in [2.24, 2.45) is 0 Å². The maximum absolute atomic E-state index is 11.6. The summed E-state index contributed by atoms with van der Waals surface area (Å²) in [6.07, 6.45) is 0.125. The number of benzene rings is 2. The zero-order chi connectivity index (χ0) is 18.8. The summed E-state index contributed by atoms with van der Waals surface area (Å²) in [6.45, 7) is 6.75. The number of hydrogen-bond acceptors (Lipinski definition) is 3. The molecule has 0 spiro atoms. The molecule has 4 nitrogen and oxygen atoms in total. The van der Waals surface area contributed by atoms with E-state index in [1.165, 1.54) is 0 Å². The zero-order valence-electron chi connectivity index (χ0n) is 15.5. The van der Waals surface area contributed by atoms with Crippen molar-refractivity contribution in [1.29, 1.82) is 0 Å². The van der Waals surface area contributed by atoms with Crippen LogP contribution >= 0.6 is 0 Å². The van der Waals surface area contributed by atoms with Crippen LogP contribution in [-0.4, -0.2) is 18.2 Å². The van der Waals surface area contributed by atoms with Gasteiger partial charge in [0.25, 0.3) is 0 Å². The Morgan fingerprint density at radius 2 is 1.73 bits per heavy atom. The van der Waals surface area contributed by atoms with E-state index in [1.807, 2.05) is 75.4 Å². The first-order valence-electron chi connectivity index (χ1n) is 8.65. The van der Waals surface area contributed by atoms with E-state index in [2.05, 4.69) is 17.2 Å². The number of amides is 1. The molecule has 0 radical (unpaired) electrons. The standard InChI is InChI=1S/C22H25NO3/c1-22(2,3)26-20-14-12-18(13-15-20)9-7-8-16-23-21(24)25-17-19-10-5-4-6-11-19/h4-6,10-15H,8,16-17H2,1-3H3,(H,23,24). The predicted octanol–water partition coefficient (Wildman–Crippen LogP) is 4.53. The molecule has 0 unspecified atom stereocenters. The van der Waals surface area contributed by atoms with Crippen LogP contribution in [0.3, 0.4) is 0 Å². The molecule has 0 aromatic heterocycles. The molecule has 1 N–H and O–H groups in total. The number of hydrogen-bond donors (Lipinski definition) is 1. The van der Waals surface area contributed by atoms with Gasteiger partial charge in [-0.25, -0.2) is 4.79 Å². The van der Waals surface area contributed by atoms with Gasteiger partial charge in [0, 0.05) is 18.5 Å². The van der Waals surface area contributed by atoms with E-state index in [0.29, 0.717) is 13.0 Å². The van der Waals surface area contributed by atoms with Gasteiger partial charge in [0.1, 0.15) is 18.0 Å². The summed E-state index contributed by atoms with van der Waals surface area (Å²) in [4.78, 5) is 11.6. The molecule has 0 atom stereocenters. The van der Waals surface area contributed by atoms with Crippen LogP contribution in [0.2, 0.25) is 0 Å². The molecule has 0 saturated carbocycles. The normalized spacial score (nSPS) is 10.4. The maximum atomic E-state index is 11.6. The number of alkyl carbamates (subject to hydrolysis) is 1. The Kier molecular flexibility index (Phi) is 7.11. The summed E-state index contributed by atoms with van der Waals surface area (Å²) in [6, 6.07) is 17.2. The average Bonchev–Trinajstić information content (AvgIpc) is 2.61. The van der Waals surface area contributed by atoms with E-state index in [4.69, 9.17) is 9.47 Å². The molecular formula is C22H25NO3. The van der Waals surface area contributed by atoms with Gasteiger partial charge in [-0.2, -0.15) is 0 Å². The van der Waals surface area contributed by atoms with E-state index in [9.17, 15) is 4.79 Å². The smallest absolute Gasteiger partial charge is 0.407 e. The van der Waals surface area contributed by atoms with Crippen LogP contribution in [0.15, 0.2) is 54.6 Å². The molecular weight excluding hydrogens is 326 g/mol. The van der Waals surface area contributed by atoms with Crippen molar-refractivity contribution in [2.75, 3.05) is 6.54 Å². The Morgan fingerprint density at radius 3 is 2.38 bits per heavy atom. The topological polar surface area (TPSA) is 47.6 Å². The fourth-order valence-electron chi connectivity index (χ4n) is 2.13. The van der Waals surface area contributed by atoms with E-state index < -0.39 is 6.09 Å². The lowest BCUT2D eigenvalue weighted by Crippen LogP contribution is -2.24. The molecule has 136 valence electrons. The van der Waals surface area contributed by atoms with Gasteiger partial charge >= 0.3 is 6.09 Å². The summed E-state index contributed by atoms with van der Waals surface area (Å²) in [5.41, 5.74) is 1.66. The molecule has 2 rings (SSSR count). The zero-order valence-corrected chi connectivity index (χ0v) is 15.5. The Morgan fingerprint density at radius 1 is 1.04 bits per heavy atom. The van der Waals surface area contributed by atoms with Crippen molar-refractivity contribution < 1.29 is 14.3 Å². The molecule has 4 heteroatoms. The number of carbonyl (C=O) groups excluding carboxylic acids is 1. The van der Waals surface area contributed by atoms with Crippen LogP contribution in [0.5, 0.6) is 5.75 Å². The van der Waals surface area contributed by atoms with Crippen LogP contribution < -0.4 is 10.1 Å². The van der Waals surface area contributed by atoms with Crippen molar-refractivity contribution in [3.05, 3.63) is 65.7 Å². The molecule has 0 saturated heterocycles. The van der Waals surface area contributed by atoms with E-state index in [-0.39, 0.29) is 12.2 Å². The second-order valence-electron chi connectivity index (χ2n) is 6.78. The first-order valence-corrected chi connectivity index (χ1v) is 8.65. The Bertz CT molecular complexity index is 750. The molecule has 1 amide bonds. The van der Waals surface area contributed by atoms with Gasteiger partial charge in [-0.15, -0.1) is 0 Å². The number of carbonyl (C=O) groups is 1. The Labute approximate surface area is 155 Å². The molecule has 0 aliphatic carbocycles.